The lowest BCUT2D eigenvalue weighted by Gasteiger charge is -2.03. The Balaban J connectivity index is 1.47. The third kappa shape index (κ3) is 3.17. The van der Waals surface area contributed by atoms with Crippen molar-refractivity contribution < 1.29 is 9.72 Å². The van der Waals surface area contributed by atoms with E-state index in [0.717, 1.165) is 10.9 Å². The summed E-state index contributed by atoms with van der Waals surface area (Å²) < 4.78 is 3.08. The highest BCUT2D eigenvalue weighted by atomic mass is 16.6. The second kappa shape index (κ2) is 7.47. The van der Waals surface area contributed by atoms with Gasteiger partial charge in [-0.05, 0) is 53.8 Å². The van der Waals surface area contributed by atoms with Crippen LogP contribution in [-0.2, 0) is 0 Å². The van der Waals surface area contributed by atoms with Crippen LogP contribution in [0.2, 0.25) is 0 Å². The predicted octanol–water partition coefficient (Wildman–Crippen LogP) is 2.97. The van der Waals surface area contributed by atoms with E-state index in [4.69, 9.17) is 0 Å². The lowest BCUT2D eigenvalue weighted by molar-refractivity contribution is -0.384. The van der Waals surface area contributed by atoms with Gasteiger partial charge in [-0.15, -0.1) is 10.2 Å². The van der Waals surface area contributed by atoms with Crippen LogP contribution in [0, 0.1) is 17.0 Å². The molecule has 5 aromatic rings. The molecule has 0 saturated carbocycles. The molecule has 0 saturated heterocycles. The fraction of sp³-hybridized carbons (Fsp3) is 0.0476. The van der Waals surface area contributed by atoms with Gasteiger partial charge in [0.05, 0.1) is 21.8 Å². The van der Waals surface area contributed by atoms with Gasteiger partial charge in [0.1, 0.15) is 0 Å². The highest BCUT2D eigenvalue weighted by Gasteiger charge is 2.16. The summed E-state index contributed by atoms with van der Waals surface area (Å²) in [5, 5.41) is 31.6. The molecule has 0 atom stereocenters. The number of para-hydroxylation sites is 1. The van der Waals surface area contributed by atoms with Crippen molar-refractivity contribution in [3.05, 3.63) is 87.7 Å². The van der Waals surface area contributed by atoms with Crippen molar-refractivity contribution in [2.45, 2.75) is 6.92 Å². The molecule has 11 nitrogen and oxygen atoms in total. The summed E-state index contributed by atoms with van der Waals surface area (Å²) in [6, 6.07) is 15.4. The maximum atomic E-state index is 12.8. The second-order valence-corrected chi connectivity index (χ2v) is 6.98. The first-order valence-electron chi connectivity index (χ1n) is 9.52. The van der Waals surface area contributed by atoms with Gasteiger partial charge in [0.2, 0.25) is 5.78 Å². The summed E-state index contributed by atoms with van der Waals surface area (Å²) >= 11 is 0. The summed E-state index contributed by atoms with van der Waals surface area (Å²) in [5.74, 6) is -0.338. The van der Waals surface area contributed by atoms with Crippen molar-refractivity contribution in [3.63, 3.8) is 0 Å². The molecule has 11 heteroatoms. The minimum Gasteiger partial charge on any atom is -0.287 e. The quantitative estimate of drug-likeness (QED) is 0.181. The van der Waals surface area contributed by atoms with Crippen LogP contribution in [0.3, 0.4) is 0 Å². The van der Waals surface area contributed by atoms with Crippen LogP contribution in [0.15, 0.2) is 60.7 Å². The van der Waals surface area contributed by atoms with E-state index in [2.05, 4.69) is 25.8 Å². The Labute approximate surface area is 179 Å². The molecule has 3 aromatic heterocycles. The molecule has 0 spiro atoms. The standard InChI is InChI=1S/C21H14N8O3/c1-13-20(22-25-27(13)16-7-9-17(10-8-16)29(31)32)19(30)11-6-15-12-14-4-2-3-5-18(14)28-21(15)23-24-26-28/h2-12H,1H3/b11-6+. The Morgan fingerprint density at radius 1 is 1.06 bits per heavy atom. The maximum absolute atomic E-state index is 12.8. The number of carbonyl (C=O) groups is 1. The summed E-state index contributed by atoms with van der Waals surface area (Å²) in [6.07, 6.45) is 3.04. The molecule has 0 aliphatic rings. The molecule has 0 unspecified atom stereocenters. The van der Waals surface area contributed by atoms with Crippen LogP contribution in [-0.4, -0.2) is 45.7 Å². The van der Waals surface area contributed by atoms with E-state index in [-0.39, 0.29) is 17.2 Å². The van der Waals surface area contributed by atoms with Crippen molar-refractivity contribution in [2.24, 2.45) is 0 Å². The van der Waals surface area contributed by atoms with Crippen LogP contribution < -0.4 is 0 Å². The molecule has 0 aliphatic carbocycles. The summed E-state index contributed by atoms with van der Waals surface area (Å²) in [6.45, 7) is 1.71. The van der Waals surface area contributed by atoms with Gasteiger partial charge in [0.25, 0.3) is 5.69 Å². The molecule has 2 aromatic carbocycles. The molecule has 0 N–H and O–H groups in total. The Morgan fingerprint density at radius 2 is 1.84 bits per heavy atom. The maximum Gasteiger partial charge on any atom is 0.269 e. The van der Waals surface area contributed by atoms with Crippen LogP contribution >= 0.6 is 0 Å². The van der Waals surface area contributed by atoms with Crippen molar-refractivity contribution in [1.82, 2.24) is 35.0 Å². The Morgan fingerprint density at radius 3 is 2.62 bits per heavy atom. The predicted molar refractivity (Wildman–Crippen MR) is 114 cm³/mol. The number of benzene rings is 2. The topological polar surface area (TPSA) is 134 Å². The van der Waals surface area contributed by atoms with Crippen LogP contribution in [0.1, 0.15) is 21.7 Å². The number of nitro benzene ring substituents is 1. The van der Waals surface area contributed by atoms with Crippen LogP contribution in [0.5, 0.6) is 0 Å². The van der Waals surface area contributed by atoms with Crippen LogP contribution in [0.25, 0.3) is 28.3 Å². The first-order chi connectivity index (χ1) is 15.5. The number of nitrogens with zero attached hydrogens (tertiary/aromatic N) is 8. The lowest BCUT2D eigenvalue weighted by Crippen LogP contribution is -2.02. The molecule has 0 amide bonds. The zero-order valence-electron chi connectivity index (χ0n) is 16.7. The minimum atomic E-state index is -0.480. The molecule has 0 fully saturated rings. The minimum absolute atomic E-state index is 0.0320. The number of tetrazole rings is 1. The number of carbonyl (C=O) groups excluding carboxylic acids is 1. The molecule has 3 heterocycles. The fourth-order valence-electron chi connectivity index (χ4n) is 3.45. The third-order valence-electron chi connectivity index (χ3n) is 5.05. The number of nitro groups is 1. The third-order valence-corrected chi connectivity index (χ3v) is 5.05. The summed E-state index contributed by atoms with van der Waals surface area (Å²) in [7, 11) is 0. The van der Waals surface area contributed by atoms with E-state index in [0.29, 0.717) is 22.6 Å². The van der Waals surface area contributed by atoms with E-state index >= 15 is 0 Å². The van der Waals surface area contributed by atoms with Gasteiger partial charge in [0, 0.05) is 23.1 Å². The van der Waals surface area contributed by atoms with Gasteiger partial charge in [-0.3, -0.25) is 14.9 Å². The first-order valence-corrected chi connectivity index (χ1v) is 9.52. The molecule has 0 bridgehead atoms. The zero-order chi connectivity index (χ0) is 22.2. The highest BCUT2D eigenvalue weighted by Crippen LogP contribution is 2.21. The smallest absolute Gasteiger partial charge is 0.269 e. The number of non-ortho nitro benzene ring substituents is 1. The molecular formula is C21H14N8O3. The molecule has 5 rings (SSSR count). The number of hydrogen-bond donors (Lipinski definition) is 0. The number of fused-ring (bicyclic) bond motifs is 3. The van der Waals surface area contributed by atoms with Gasteiger partial charge in [-0.2, -0.15) is 4.52 Å². The van der Waals surface area contributed by atoms with Crippen molar-refractivity contribution in [1.29, 1.82) is 0 Å². The molecular weight excluding hydrogens is 412 g/mol. The average Bonchev–Trinajstić information content (AvgIpc) is 3.45. The lowest BCUT2D eigenvalue weighted by atomic mass is 10.1. The molecule has 0 aliphatic heterocycles. The van der Waals surface area contributed by atoms with Gasteiger partial charge >= 0.3 is 0 Å². The van der Waals surface area contributed by atoms with E-state index in [1.165, 1.54) is 22.9 Å². The number of allylic oxidation sites excluding steroid dienone is 1. The SMILES string of the molecule is Cc1c(C(=O)/C=C/c2cc3ccccc3n3nnnc23)nnn1-c1ccc([N+](=O)[O-])cc1. The van der Waals surface area contributed by atoms with Gasteiger partial charge in [-0.1, -0.05) is 23.4 Å². The number of hydrogen-bond acceptors (Lipinski definition) is 8. The van der Waals surface area contributed by atoms with E-state index in [9.17, 15) is 14.9 Å². The van der Waals surface area contributed by atoms with Crippen LogP contribution in [0.4, 0.5) is 5.69 Å². The monoisotopic (exact) mass is 426 g/mol. The Kier molecular flexibility index (Phi) is 4.48. The fourth-order valence-corrected chi connectivity index (χ4v) is 3.45. The van der Waals surface area contributed by atoms with Gasteiger partial charge in [0.15, 0.2) is 11.3 Å². The number of ketones is 1. The van der Waals surface area contributed by atoms with E-state index in [1.807, 2.05) is 30.3 Å². The van der Waals surface area contributed by atoms with E-state index < -0.39 is 4.92 Å². The number of aromatic nitrogens is 7. The van der Waals surface area contributed by atoms with Crippen molar-refractivity contribution in [3.8, 4) is 5.69 Å². The Hall–Kier alpha value is -4.80. The van der Waals surface area contributed by atoms with Crippen molar-refractivity contribution >= 4 is 34.1 Å². The number of rotatable bonds is 5. The molecule has 0 radical (unpaired) electrons. The average molecular weight is 426 g/mol. The summed E-state index contributed by atoms with van der Waals surface area (Å²) in [4.78, 5) is 23.2. The summed E-state index contributed by atoms with van der Waals surface area (Å²) in [5.41, 5.74) is 3.29. The van der Waals surface area contributed by atoms with Crippen molar-refractivity contribution in [2.75, 3.05) is 0 Å². The van der Waals surface area contributed by atoms with Gasteiger partial charge < -0.3 is 0 Å². The largest absolute Gasteiger partial charge is 0.287 e. The molecule has 156 valence electrons. The first kappa shape index (κ1) is 19.2. The normalized spacial score (nSPS) is 11.5. The van der Waals surface area contributed by atoms with E-state index in [1.54, 1.807) is 29.6 Å². The molecule has 32 heavy (non-hydrogen) atoms. The zero-order valence-corrected chi connectivity index (χ0v) is 16.7. The number of pyridine rings is 1. The Bertz CT molecular complexity index is 1530. The second-order valence-electron chi connectivity index (χ2n) is 6.98. The van der Waals surface area contributed by atoms with Gasteiger partial charge in [-0.25, -0.2) is 4.68 Å². The highest BCUT2D eigenvalue weighted by molar-refractivity contribution is 6.06.